The van der Waals surface area contributed by atoms with Crippen LogP contribution < -0.4 is 5.56 Å². The summed E-state index contributed by atoms with van der Waals surface area (Å²) in [6.45, 7) is 0. The molecule has 0 amide bonds. The number of nitro groups is 1. The Morgan fingerprint density at radius 1 is 1.24 bits per heavy atom. The number of nitrogens with one attached hydrogen (secondary N) is 1. The summed E-state index contributed by atoms with van der Waals surface area (Å²) in [5.74, 6) is -0.372. The van der Waals surface area contributed by atoms with Crippen molar-refractivity contribution in [3.8, 4) is 11.3 Å². The quantitative estimate of drug-likeness (QED) is 0.416. The number of ketones is 1. The highest BCUT2D eigenvalue weighted by Crippen LogP contribution is 2.36. The minimum absolute atomic E-state index is 0.115. The van der Waals surface area contributed by atoms with Gasteiger partial charge >= 0.3 is 0 Å². The average molecular weight is 282 g/mol. The van der Waals surface area contributed by atoms with E-state index in [9.17, 15) is 19.7 Å². The molecule has 4 rings (SSSR count). The van der Waals surface area contributed by atoms with Crippen LogP contribution in [-0.4, -0.2) is 25.1 Å². The minimum atomic E-state index is -0.563. The fourth-order valence-corrected chi connectivity index (χ4v) is 2.60. The molecule has 0 aliphatic heterocycles. The molecule has 3 aromatic rings. The summed E-state index contributed by atoms with van der Waals surface area (Å²) in [7, 11) is 0. The third kappa shape index (κ3) is 1.35. The number of H-pyrrole nitrogens is 1. The molecule has 0 radical (unpaired) electrons. The normalized spacial score (nSPS) is 12.5. The van der Waals surface area contributed by atoms with E-state index in [0.717, 1.165) is 0 Å². The summed E-state index contributed by atoms with van der Waals surface area (Å²) < 4.78 is 1.41. The van der Waals surface area contributed by atoms with Gasteiger partial charge < -0.3 is 4.98 Å². The number of hydrogen-bond donors (Lipinski definition) is 1. The molecule has 1 aromatic carbocycles. The third-order valence-corrected chi connectivity index (χ3v) is 3.50. The lowest BCUT2D eigenvalue weighted by Gasteiger charge is -2.01. The summed E-state index contributed by atoms with van der Waals surface area (Å²) in [6, 6.07) is 3.99. The number of benzene rings is 1. The maximum Gasteiger partial charge on any atom is 0.292 e. The molecule has 2 heterocycles. The van der Waals surface area contributed by atoms with Gasteiger partial charge in [-0.25, -0.2) is 4.98 Å². The summed E-state index contributed by atoms with van der Waals surface area (Å²) in [4.78, 5) is 41.2. The highest BCUT2D eigenvalue weighted by Gasteiger charge is 2.32. The largest absolute Gasteiger partial charge is 0.317 e. The van der Waals surface area contributed by atoms with Crippen LogP contribution in [0.5, 0.6) is 0 Å². The molecule has 1 N–H and O–H groups in total. The Labute approximate surface area is 115 Å². The molecule has 0 bridgehead atoms. The SMILES string of the molecule is O=C1c2cc([N+](=O)[O-])ccc2-c2[nH]c(=O)c3nccn3c21. The molecular formula is C13H6N4O4. The molecule has 1 aliphatic carbocycles. The lowest BCUT2D eigenvalue weighted by molar-refractivity contribution is -0.384. The van der Waals surface area contributed by atoms with Gasteiger partial charge in [-0.1, -0.05) is 0 Å². The van der Waals surface area contributed by atoms with Crippen LogP contribution >= 0.6 is 0 Å². The van der Waals surface area contributed by atoms with Crippen molar-refractivity contribution in [3.63, 3.8) is 0 Å². The Balaban J connectivity index is 2.11. The number of aromatic nitrogens is 3. The number of non-ortho nitro benzene ring substituents is 1. The topological polar surface area (TPSA) is 110 Å². The van der Waals surface area contributed by atoms with Crippen LogP contribution in [0.4, 0.5) is 5.69 Å². The van der Waals surface area contributed by atoms with Gasteiger partial charge in [0.1, 0.15) is 5.69 Å². The first-order valence-corrected chi connectivity index (χ1v) is 6.01. The average Bonchev–Trinajstić information content (AvgIpc) is 3.04. The summed E-state index contributed by atoms with van der Waals surface area (Å²) in [5, 5.41) is 10.8. The van der Waals surface area contributed by atoms with E-state index in [4.69, 9.17) is 0 Å². The molecule has 0 fully saturated rings. The molecule has 1 aliphatic rings. The summed E-state index contributed by atoms with van der Waals surface area (Å²) in [5.41, 5.74) is 0.837. The molecule has 8 heteroatoms. The van der Waals surface area contributed by atoms with Crippen molar-refractivity contribution < 1.29 is 9.72 Å². The van der Waals surface area contributed by atoms with Crippen LogP contribution in [0.1, 0.15) is 16.1 Å². The molecule has 0 saturated heterocycles. The number of nitro benzene ring substituents is 1. The van der Waals surface area contributed by atoms with Crippen molar-refractivity contribution in [1.29, 1.82) is 0 Å². The number of rotatable bonds is 1. The molecular weight excluding hydrogens is 276 g/mol. The molecule has 21 heavy (non-hydrogen) atoms. The van der Waals surface area contributed by atoms with Crippen molar-refractivity contribution in [2.75, 3.05) is 0 Å². The standard InChI is InChI=1S/C13H6N4O4/c18-11-8-5-6(17(20)21)1-2-7(8)9-10(11)16-4-3-14-12(16)13(19)15-9/h1-5H,(H,15,19). The zero-order valence-electron chi connectivity index (χ0n) is 10.4. The van der Waals surface area contributed by atoms with Gasteiger partial charge in [0.2, 0.25) is 11.4 Å². The fraction of sp³-hybridized carbons (Fsp3) is 0. The van der Waals surface area contributed by atoms with Crippen LogP contribution in [0.15, 0.2) is 35.4 Å². The van der Waals surface area contributed by atoms with E-state index in [2.05, 4.69) is 9.97 Å². The van der Waals surface area contributed by atoms with E-state index >= 15 is 0 Å². The lowest BCUT2D eigenvalue weighted by atomic mass is 10.1. The van der Waals surface area contributed by atoms with Gasteiger partial charge in [-0.2, -0.15) is 0 Å². The monoisotopic (exact) mass is 282 g/mol. The van der Waals surface area contributed by atoms with Gasteiger partial charge in [-0.15, -0.1) is 0 Å². The third-order valence-electron chi connectivity index (χ3n) is 3.50. The first-order valence-electron chi connectivity index (χ1n) is 6.01. The molecule has 0 spiro atoms. The van der Waals surface area contributed by atoms with Crippen LogP contribution in [0.2, 0.25) is 0 Å². The maximum absolute atomic E-state index is 12.5. The Morgan fingerprint density at radius 2 is 2.05 bits per heavy atom. The van der Waals surface area contributed by atoms with E-state index < -0.39 is 10.5 Å². The molecule has 102 valence electrons. The van der Waals surface area contributed by atoms with Crippen molar-refractivity contribution >= 4 is 17.1 Å². The zero-order chi connectivity index (χ0) is 14.7. The Hall–Kier alpha value is -3.29. The Morgan fingerprint density at radius 3 is 2.81 bits per heavy atom. The fourth-order valence-electron chi connectivity index (χ4n) is 2.60. The first-order chi connectivity index (χ1) is 10.1. The summed E-state index contributed by atoms with van der Waals surface area (Å²) in [6.07, 6.45) is 2.94. The Kier molecular flexibility index (Phi) is 1.99. The molecule has 8 nitrogen and oxygen atoms in total. The van der Waals surface area contributed by atoms with E-state index in [-0.39, 0.29) is 28.4 Å². The van der Waals surface area contributed by atoms with Gasteiger partial charge in [-0.05, 0) is 6.07 Å². The summed E-state index contributed by atoms with van der Waals surface area (Å²) >= 11 is 0. The number of nitrogens with zero attached hydrogens (tertiary/aromatic N) is 3. The molecule has 0 unspecified atom stereocenters. The maximum atomic E-state index is 12.5. The van der Waals surface area contributed by atoms with Crippen LogP contribution in [0, 0.1) is 10.1 Å². The molecule has 0 saturated carbocycles. The van der Waals surface area contributed by atoms with E-state index in [0.29, 0.717) is 11.3 Å². The second-order valence-corrected chi connectivity index (χ2v) is 4.61. The van der Waals surface area contributed by atoms with E-state index in [1.54, 1.807) is 0 Å². The zero-order valence-corrected chi connectivity index (χ0v) is 10.4. The van der Waals surface area contributed by atoms with Crippen molar-refractivity contribution in [2.45, 2.75) is 0 Å². The van der Waals surface area contributed by atoms with Gasteiger partial charge in [0.05, 0.1) is 10.6 Å². The lowest BCUT2D eigenvalue weighted by Crippen LogP contribution is -2.15. The number of fused-ring (bicyclic) bond motifs is 5. The van der Waals surface area contributed by atoms with Gasteiger partial charge in [-0.3, -0.25) is 24.1 Å². The van der Waals surface area contributed by atoms with Crippen LogP contribution in [0.3, 0.4) is 0 Å². The van der Waals surface area contributed by atoms with Gasteiger partial charge in [0.15, 0.2) is 0 Å². The minimum Gasteiger partial charge on any atom is -0.317 e. The number of aromatic amines is 1. The van der Waals surface area contributed by atoms with E-state index in [1.165, 1.54) is 35.0 Å². The molecule has 0 atom stereocenters. The predicted molar refractivity (Wildman–Crippen MR) is 71.3 cm³/mol. The highest BCUT2D eigenvalue weighted by atomic mass is 16.6. The predicted octanol–water partition coefficient (Wildman–Crippen LogP) is 1.14. The second-order valence-electron chi connectivity index (χ2n) is 4.61. The number of carbonyl (C=O) groups excluding carboxylic acids is 1. The second kappa shape index (κ2) is 3.63. The van der Waals surface area contributed by atoms with Crippen molar-refractivity contribution in [3.05, 3.63) is 62.3 Å². The number of carbonyl (C=O) groups is 1. The van der Waals surface area contributed by atoms with Crippen LogP contribution in [0.25, 0.3) is 16.9 Å². The Bertz CT molecular complexity index is 1010. The number of imidazole rings is 1. The van der Waals surface area contributed by atoms with Crippen LogP contribution in [-0.2, 0) is 0 Å². The van der Waals surface area contributed by atoms with Gasteiger partial charge in [0, 0.05) is 35.7 Å². The smallest absolute Gasteiger partial charge is 0.292 e. The van der Waals surface area contributed by atoms with E-state index in [1.807, 2.05) is 0 Å². The molecule has 2 aromatic heterocycles. The first kappa shape index (κ1) is 11.5. The van der Waals surface area contributed by atoms with Gasteiger partial charge in [0.25, 0.3) is 11.2 Å². The van der Waals surface area contributed by atoms with Crippen molar-refractivity contribution in [2.24, 2.45) is 0 Å². The number of hydrogen-bond acceptors (Lipinski definition) is 5. The van der Waals surface area contributed by atoms with Crippen molar-refractivity contribution in [1.82, 2.24) is 14.4 Å². The highest BCUT2D eigenvalue weighted by molar-refractivity contribution is 6.20.